The van der Waals surface area contributed by atoms with Gasteiger partial charge in [0.05, 0.1) is 0 Å². The van der Waals surface area contributed by atoms with Crippen molar-refractivity contribution < 1.29 is 32.3 Å². The second-order valence-electron chi connectivity index (χ2n) is 3.10. The van der Waals surface area contributed by atoms with Gasteiger partial charge in [-0.05, 0) is 24.3 Å². The first-order chi connectivity index (χ1) is 8.28. The van der Waals surface area contributed by atoms with Crippen LogP contribution in [0.25, 0.3) is 0 Å². The largest absolute Gasteiger partial charge is 0.573 e. The number of hydrogen-bond donors (Lipinski definition) is 1. The summed E-state index contributed by atoms with van der Waals surface area (Å²) in [6, 6.07) is 4.13. The van der Waals surface area contributed by atoms with Crippen LogP contribution < -0.4 is 10.2 Å². The highest BCUT2D eigenvalue weighted by Crippen LogP contribution is 2.22. The van der Waals surface area contributed by atoms with Crippen LogP contribution in [0.3, 0.4) is 0 Å². The normalized spacial score (nSPS) is 10.7. The van der Waals surface area contributed by atoms with Crippen molar-refractivity contribution in [3.63, 3.8) is 0 Å². The second kappa shape index (κ2) is 5.39. The quantitative estimate of drug-likeness (QED) is 0.826. The van der Waals surface area contributed by atoms with E-state index >= 15 is 0 Å². The SMILES string of the molecule is CC(=O)ONC(=O)c1ccc(OC(F)(F)F)cc1. The summed E-state index contributed by atoms with van der Waals surface area (Å²) in [6.07, 6.45) is -4.79. The maximum absolute atomic E-state index is 11.9. The van der Waals surface area contributed by atoms with E-state index in [1.165, 1.54) is 0 Å². The fraction of sp³-hybridized carbons (Fsp3) is 0.200. The Morgan fingerprint density at radius 2 is 1.72 bits per heavy atom. The number of nitrogens with one attached hydrogen (secondary N) is 1. The van der Waals surface area contributed by atoms with Crippen LogP contribution in [0.1, 0.15) is 17.3 Å². The maximum atomic E-state index is 11.9. The van der Waals surface area contributed by atoms with Gasteiger partial charge in [-0.1, -0.05) is 0 Å². The zero-order valence-corrected chi connectivity index (χ0v) is 9.08. The van der Waals surface area contributed by atoms with E-state index in [4.69, 9.17) is 0 Å². The summed E-state index contributed by atoms with van der Waals surface area (Å²) < 4.78 is 39.2. The van der Waals surface area contributed by atoms with Gasteiger partial charge in [0.15, 0.2) is 0 Å². The van der Waals surface area contributed by atoms with Crippen LogP contribution in [0.2, 0.25) is 0 Å². The molecule has 1 amide bonds. The molecule has 0 radical (unpaired) electrons. The van der Waals surface area contributed by atoms with Gasteiger partial charge in [0.25, 0.3) is 5.91 Å². The summed E-state index contributed by atoms with van der Waals surface area (Å²) in [5.41, 5.74) is 1.83. The molecule has 0 aliphatic heterocycles. The highest BCUT2D eigenvalue weighted by atomic mass is 19.4. The van der Waals surface area contributed by atoms with E-state index in [1.807, 2.05) is 5.48 Å². The van der Waals surface area contributed by atoms with E-state index in [1.54, 1.807) is 0 Å². The molecule has 0 aliphatic carbocycles. The Balaban J connectivity index is 2.65. The Morgan fingerprint density at radius 3 is 2.17 bits per heavy atom. The third-order valence-electron chi connectivity index (χ3n) is 1.64. The van der Waals surface area contributed by atoms with Crippen molar-refractivity contribution >= 4 is 11.9 Å². The van der Waals surface area contributed by atoms with E-state index in [9.17, 15) is 22.8 Å². The van der Waals surface area contributed by atoms with Crippen molar-refractivity contribution in [3.8, 4) is 5.75 Å². The molecule has 0 heterocycles. The number of rotatable bonds is 2. The lowest BCUT2D eigenvalue weighted by atomic mass is 10.2. The Morgan fingerprint density at radius 1 is 1.17 bits per heavy atom. The van der Waals surface area contributed by atoms with Crippen LogP contribution in [0.5, 0.6) is 5.75 Å². The van der Waals surface area contributed by atoms with Crippen molar-refractivity contribution in [3.05, 3.63) is 29.8 Å². The van der Waals surface area contributed by atoms with Crippen LogP contribution in [-0.2, 0) is 9.63 Å². The molecule has 98 valence electrons. The fourth-order valence-electron chi connectivity index (χ4n) is 0.985. The minimum Gasteiger partial charge on any atom is -0.406 e. The summed E-state index contributed by atoms with van der Waals surface area (Å²) in [6.45, 7) is 1.08. The van der Waals surface area contributed by atoms with Gasteiger partial charge in [0.2, 0.25) is 0 Å². The van der Waals surface area contributed by atoms with Gasteiger partial charge < -0.3 is 9.57 Å². The lowest BCUT2D eigenvalue weighted by molar-refractivity contribution is -0.274. The number of hydroxylamine groups is 1. The smallest absolute Gasteiger partial charge is 0.406 e. The number of carbonyl (C=O) groups excluding carboxylic acids is 2. The predicted molar refractivity (Wildman–Crippen MR) is 52.4 cm³/mol. The summed E-state index contributed by atoms with van der Waals surface area (Å²) >= 11 is 0. The lowest BCUT2D eigenvalue weighted by Crippen LogP contribution is -2.25. The Kier molecular flexibility index (Phi) is 4.13. The standard InChI is InChI=1S/C10H8F3NO4/c1-6(15)18-14-9(16)7-2-4-8(5-3-7)17-10(11,12)13/h2-5H,1H3,(H,14,16). The molecule has 1 aromatic carbocycles. The zero-order chi connectivity index (χ0) is 13.8. The van der Waals surface area contributed by atoms with Crippen molar-refractivity contribution in [1.82, 2.24) is 5.48 Å². The van der Waals surface area contributed by atoms with Gasteiger partial charge in [0, 0.05) is 12.5 Å². The molecule has 8 heteroatoms. The monoisotopic (exact) mass is 263 g/mol. The van der Waals surface area contributed by atoms with Gasteiger partial charge in [-0.3, -0.25) is 9.59 Å². The van der Waals surface area contributed by atoms with Crippen LogP contribution in [0.15, 0.2) is 24.3 Å². The van der Waals surface area contributed by atoms with Gasteiger partial charge >= 0.3 is 12.3 Å². The Bertz CT molecular complexity index is 441. The van der Waals surface area contributed by atoms with Gasteiger partial charge in [0.1, 0.15) is 5.75 Å². The summed E-state index contributed by atoms with van der Waals surface area (Å²) in [7, 11) is 0. The number of hydrogen-bond acceptors (Lipinski definition) is 4. The molecule has 1 N–H and O–H groups in total. The van der Waals surface area contributed by atoms with Gasteiger partial charge in [-0.25, -0.2) is 0 Å². The molecule has 0 saturated heterocycles. The molecule has 0 bridgehead atoms. The average Bonchev–Trinajstić information content (AvgIpc) is 2.24. The molecule has 0 saturated carbocycles. The van der Waals surface area contributed by atoms with Crippen LogP contribution in [0.4, 0.5) is 13.2 Å². The second-order valence-corrected chi connectivity index (χ2v) is 3.10. The first-order valence-corrected chi connectivity index (χ1v) is 4.61. The third-order valence-corrected chi connectivity index (χ3v) is 1.64. The van der Waals surface area contributed by atoms with Gasteiger partial charge in [-0.2, -0.15) is 5.48 Å². The minimum absolute atomic E-state index is 0.0192. The van der Waals surface area contributed by atoms with Crippen molar-refractivity contribution in [2.45, 2.75) is 13.3 Å². The minimum atomic E-state index is -4.79. The molecule has 1 aromatic rings. The molecule has 0 spiro atoms. The molecule has 0 aliphatic rings. The Hall–Kier alpha value is -2.25. The number of benzene rings is 1. The molecule has 0 aromatic heterocycles. The fourth-order valence-corrected chi connectivity index (χ4v) is 0.985. The summed E-state index contributed by atoms with van der Waals surface area (Å²) in [5, 5.41) is 0. The average molecular weight is 263 g/mol. The van der Waals surface area contributed by atoms with Crippen LogP contribution in [-0.4, -0.2) is 18.2 Å². The molecule has 0 fully saturated rings. The highest BCUT2D eigenvalue weighted by Gasteiger charge is 2.31. The summed E-state index contributed by atoms with van der Waals surface area (Å²) in [4.78, 5) is 25.9. The van der Waals surface area contributed by atoms with Crippen LogP contribution >= 0.6 is 0 Å². The number of carbonyl (C=O) groups is 2. The van der Waals surface area contributed by atoms with Gasteiger partial charge in [-0.15, -0.1) is 13.2 Å². The van der Waals surface area contributed by atoms with Crippen LogP contribution in [0, 0.1) is 0 Å². The van der Waals surface area contributed by atoms with Crippen molar-refractivity contribution in [2.75, 3.05) is 0 Å². The number of amides is 1. The molecular weight excluding hydrogens is 255 g/mol. The van der Waals surface area contributed by atoms with E-state index in [0.717, 1.165) is 31.2 Å². The van der Waals surface area contributed by atoms with E-state index < -0.39 is 24.0 Å². The third kappa shape index (κ3) is 4.73. The first kappa shape index (κ1) is 13.8. The topological polar surface area (TPSA) is 64.6 Å². The lowest BCUT2D eigenvalue weighted by Gasteiger charge is -2.09. The molecule has 0 atom stereocenters. The van der Waals surface area contributed by atoms with Crippen molar-refractivity contribution in [2.24, 2.45) is 0 Å². The number of ether oxygens (including phenoxy) is 1. The van der Waals surface area contributed by atoms with Crippen molar-refractivity contribution in [1.29, 1.82) is 0 Å². The number of halogens is 3. The molecule has 5 nitrogen and oxygen atoms in total. The molecule has 0 unspecified atom stereocenters. The first-order valence-electron chi connectivity index (χ1n) is 4.61. The Labute approximate surface area is 99.4 Å². The molecular formula is C10H8F3NO4. The number of alkyl halides is 3. The van der Waals surface area contributed by atoms with E-state index in [-0.39, 0.29) is 5.56 Å². The molecule has 1 rings (SSSR count). The summed E-state index contributed by atoms with van der Waals surface area (Å²) in [5.74, 6) is -1.93. The predicted octanol–water partition coefficient (Wildman–Crippen LogP) is 1.79. The zero-order valence-electron chi connectivity index (χ0n) is 9.08. The maximum Gasteiger partial charge on any atom is 0.573 e. The molecule has 18 heavy (non-hydrogen) atoms. The highest BCUT2D eigenvalue weighted by molar-refractivity contribution is 5.94. The van der Waals surface area contributed by atoms with E-state index in [2.05, 4.69) is 9.57 Å². The van der Waals surface area contributed by atoms with E-state index in [0.29, 0.717) is 0 Å².